The number of amides is 1. The van der Waals surface area contributed by atoms with Gasteiger partial charge in [-0.3, -0.25) is 9.69 Å². The molecule has 2 atom stereocenters. The largest absolute Gasteiger partial charge is 0.354 e. The zero-order valence-electron chi connectivity index (χ0n) is 12.6. The van der Waals surface area contributed by atoms with E-state index in [0.717, 1.165) is 25.3 Å². The van der Waals surface area contributed by atoms with Gasteiger partial charge in [-0.2, -0.15) is 0 Å². The lowest BCUT2D eigenvalue weighted by atomic mass is 10.0. The van der Waals surface area contributed by atoms with Crippen LogP contribution < -0.4 is 11.1 Å². The number of benzene rings is 1. The lowest BCUT2D eigenvalue weighted by Crippen LogP contribution is -2.38. The SMILES string of the molecule is CC(N)C1CCN(CC(=O)NCCSc2ccccc2)C1. The monoisotopic (exact) mass is 307 g/mol. The van der Waals surface area contributed by atoms with Crippen LogP contribution in [0.2, 0.25) is 0 Å². The van der Waals surface area contributed by atoms with Gasteiger partial charge in [0.25, 0.3) is 0 Å². The number of carbonyl (C=O) groups is 1. The molecule has 0 aliphatic carbocycles. The van der Waals surface area contributed by atoms with Crippen molar-refractivity contribution in [3.63, 3.8) is 0 Å². The minimum Gasteiger partial charge on any atom is -0.354 e. The van der Waals surface area contributed by atoms with E-state index in [9.17, 15) is 4.79 Å². The first kappa shape index (κ1) is 16.3. The molecule has 1 aliphatic heterocycles. The summed E-state index contributed by atoms with van der Waals surface area (Å²) in [7, 11) is 0. The van der Waals surface area contributed by atoms with Gasteiger partial charge in [-0.1, -0.05) is 18.2 Å². The lowest BCUT2D eigenvalue weighted by molar-refractivity contribution is -0.121. The van der Waals surface area contributed by atoms with E-state index in [1.807, 2.05) is 18.2 Å². The highest BCUT2D eigenvalue weighted by Gasteiger charge is 2.26. The molecule has 0 aromatic heterocycles. The molecule has 116 valence electrons. The maximum Gasteiger partial charge on any atom is 0.234 e. The van der Waals surface area contributed by atoms with Crippen molar-refractivity contribution in [1.29, 1.82) is 0 Å². The number of hydrogen-bond donors (Lipinski definition) is 2. The summed E-state index contributed by atoms with van der Waals surface area (Å²) >= 11 is 1.76. The van der Waals surface area contributed by atoms with E-state index < -0.39 is 0 Å². The van der Waals surface area contributed by atoms with E-state index in [-0.39, 0.29) is 11.9 Å². The Kier molecular flexibility index (Phi) is 6.54. The van der Waals surface area contributed by atoms with Gasteiger partial charge in [0, 0.05) is 29.8 Å². The average Bonchev–Trinajstić information content (AvgIpc) is 2.93. The van der Waals surface area contributed by atoms with E-state index >= 15 is 0 Å². The highest BCUT2D eigenvalue weighted by molar-refractivity contribution is 7.99. The summed E-state index contributed by atoms with van der Waals surface area (Å²) < 4.78 is 0. The molecule has 5 heteroatoms. The molecule has 1 amide bonds. The van der Waals surface area contributed by atoms with Crippen LogP contribution in [0, 0.1) is 5.92 Å². The van der Waals surface area contributed by atoms with E-state index in [1.54, 1.807) is 11.8 Å². The number of thioether (sulfide) groups is 1. The Morgan fingerprint density at radius 1 is 1.48 bits per heavy atom. The van der Waals surface area contributed by atoms with Gasteiger partial charge in [-0.05, 0) is 37.9 Å². The summed E-state index contributed by atoms with van der Waals surface area (Å²) in [5, 5.41) is 2.99. The van der Waals surface area contributed by atoms with Crippen LogP contribution in [0.15, 0.2) is 35.2 Å². The molecule has 1 aromatic carbocycles. The third-order valence-electron chi connectivity index (χ3n) is 3.86. The number of nitrogens with zero attached hydrogens (tertiary/aromatic N) is 1. The Hall–Kier alpha value is -1.04. The second-order valence-corrected chi connectivity index (χ2v) is 6.82. The first-order chi connectivity index (χ1) is 10.1. The van der Waals surface area contributed by atoms with Crippen molar-refractivity contribution < 1.29 is 4.79 Å². The van der Waals surface area contributed by atoms with Crippen LogP contribution in [-0.2, 0) is 4.79 Å². The Balaban J connectivity index is 1.58. The molecule has 1 saturated heterocycles. The standard InChI is InChI=1S/C16H25N3OS/c1-13(17)14-7-9-19(11-14)12-16(20)18-8-10-21-15-5-3-2-4-6-15/h2-6,13-14H,7-12,17H2,1H3,(H,18,20). The van der Waals surface area contributed by atoms with Crippen LogP contribution >= 0.6 is 11.8 Å². The van der Waals surface area contributed by atoms with Crippen molar-refractivity contribution in [3.8, 4) is 0 Å². The molecule has 1 aliphatic rings. The minimum atomic E-state index is 0.119. The summed E-state index contributed by atoms with van der Waals surface area (Å²) in [6.07, 6.45) is 1.11. The van der Waals surface area contributed by atoms with Crippen LogP contribution in [0.3, 0.4) is 0 Å². The van der Waals surface area contributed by atoms with E-state index in [0.29, 0.717) is 19.0 Å². The van der Waals surface area contributed by atoms with Crippen molar-refractivity contribution in [2.45, 2.75) is 24.3 Å². The van der Waals surface area contributed by atoms with Crippen LogP contribution in [-0.4, -0.2) is 48.8 Å². The molecule has 0 spiro atoms. The maximum atomic E-state index is 11.9. The molecule has 2 unspecified atom stereocenters. The van der Waals surface area contributed by atoms with Gasteiger partial charge in [0.15, 0.2) is 0 Å². The predicted octanol–water partition coefficient (Wildman–Crippen LogP) is 1.56. The van der Waals surface area contributed by atoms with Crippen molar-refractivity contribution in [2.75, 3.05) is 31.9 Å². The number of carbonyl (C=O) groups excluding carboxylic acids is 1. The summed E-state index contributed by atoms with van der Waals surface area (Å²) in [5.74, 6) is 1.55. The Bertz CT molecular complexity index is 438. The molecule has 3 N–H and O–H groups in total. The van der Waals surface area contributed by atoms with Gasteiger partial charge in [-0.25, -0.2) is 0 Å². The summed E-state index contributed by atoms with van der Waals surface area (Å²) in [6.45, 7) is 5.19. The van der Waals surface area contributed by atoms with Gasteiger partial charge in [0.05, 0.1) is 6.54 Å². The van der Waals surface area contributed by atoms with Gasteiger partial charge in [-0.15, -0.1) is 11.8 Å². The molecule has 0 saturated carbocycles. The molecular formula is C16H25N3OS. The van der Waals surface area contributed by atoms with E-state index in [2.05, 4.69) is 29.3 Å². The van der Waals surface area contributed by atoms with Gasteiger partial charge >= 0.3 is 0 Å². The quantitative estimate of drug-likeness (QED) is 0.593. The number of nitrogens with one attached hydrogen (secondary N) is 1. The highest BCUT2D eigenvalue weighted by Crippen LogP contribution is 2.18. The zero-order chi connectivity index (χ0) is 15.1. The molecular weight excluding hydrogens is 282 g/mol. The van der Waals surface area contributed by atoms with E-state index in [4.69, 9.17) is 5.73 Å². The third kappa shape index (κ3) is 5.69. The number of nitrogens with two attached hydrogens (primary N) is 1. The van der Waals surface area contributed by atoms with E-state index in [1.165, 1.54) is 4.90 Å². The van der Waals surface area contributed by atoms with Gasteiger partial charge in [0.2, 0.25) is 5.91 Å². The molecule has 0 radical (unpaired) electrons. The Morgan fingerprint density at radius 3 is 2.90 bits per heavy atom. The maximum absolute atomic E-state index is 11.9. The molecule has 1 fully saturated rings. The average molecular weight is 307 g/mol. The second-order valence-electron chi connectivity index (χ2n) is 5.65. The molecule has 21 heavy (non-hydrogen) atoms. The first-order valence-corrected chi connectivity index (χ1v) is 8.56. The van der Waals surface area contributed by atoms with Crippen LogP contribution in [0.5, 0.6) is 0 Å². The zero-order valence-corrected chi connectivity index (χ0v) is 13.4. The topological polar surface area (TPSA) is 58.4 Å². The molecule has 1 aromatic rings. The molecule has 0 bridgehead atoms. The van der Waals surface area contributed by atoms with Crippen LogP contribution in [0.1, 0.15) is 13.3 Å². The summed E-state index contributed by atoms with van der Waals surface area (Å²) in [5.41, 5.74) is 5.91. The molecule has 1 heterocycles. The second kappa shape index (κ2) is 8.41. The van der Waals surface area contributed by atoms with Crippen molar-refractivity contribution in [3.05, 3.63) is 30.3 Å². The number of likely N-dealkylation sites (tertiary alicyclic amines) is 1. The Labute approximate surface area is 131 Å². The summed E-state index contributed by atoms with van der Waals surface area (Å²) in [4.78, 5) is 15.3. The Morgan fingerprint density at radius 2 is 2.24 bits per heavy atom. The predicted molar refractivity (Wildman–Crippen MR) is 88.4 cm³/mol. The highest BCUT2D eigenvalue weighted by atomic mass is 32.2. The number of hydrogen-bond acceptors (Lipinski definition) is 4. The third-order valence-corrected chi connectivity index (χ3v) is 4.87. The van der Waals surface area contributed by atoms with Gasteiger partial charge < -0.3 is 11.1 Å². The van der Waals surface area contributed by atoms with Crippen molar-refractivity contribution in [2.24, 2.45) is 11.7 Å². The molecule has 2 rings (SSSR count). The van der Waals surface area contributed by atoms with Gasteiger partial charge in [0.1, 0.15) is 0 Å². The van der Waals surface area contributed by atoms with Crippen LogP contribution in [0.25, 0.3) is 0 Å². The van der Waals surface area contributed by atoms with Crippen molar-refractivity contribution in [1.82, 2.24) is 10.2 Å². The normalized spacial score (nSPS) is 20.4. The number of rotatable bonds is 7. The fourth-order valence-corrected chi connectivity index (χ4v) is 3.36. The van der Waals surface area contributed by atoms with Crippen LogP contribution in [0.4, 0.5) is 0 Å². The lowest BCUT2D eigenvalue weighted by Gasteiger charge is -2.17. The smallest absolute Gasteiger partial charge is 0.234 e. The first-order valence-electron chi connectivity index (χ1n) is 7.57. The summed E-state index contributed by atoms with van der Waals surface area (Å²) in [6, 6.07) is 10.5. The minimum absolute atomic E-state index is 0.119. The fraction of sp³-hybridized carbons (Fsp3) is 0.562. The fourth-order valence-electron chi connectivity index (χ4n) is 2.57. The molecule has 4 nitrogen and oxygen atoms in total. The van der Waals surface area contributed by atoms with Crippen molar-refractivity contribution >= 4 is 17.7 Å².